The lowest BCUT2D eigenvalue weighted by Gasteiger charge is -2.14. The van der Waals surface area contributed by atoms with E-state index in [1.54, 1.807) is 6.92 Å². The van der Waals surface area contributed by atoms with Crippen LogP contribution in [0.2, 0.25) is 0 Å². The minimum Gasteiger partial charge on any atom is -0.481 e. The standard InChI is InChI=1S/C31H56O5.C10H18O2/c1-5-6-7-8-9-15-20-25-30(33)35-29(4)24-19-14-11-16-21-26-31(34)36-28(3)23-18-13-10-12-17-22-27(2)32;1-2-3-4-5-6-7-8-9-10(11)12/h5,28-29H,1,6-26H2,2-4H3;2H,1,3-9H2,(H,11,12). The highest BCUT2D eigenvalue weighted by atomic mass is 16.5. The maximum Gasteiger partial charge on any atom is 0.306 e. The molecule has 280 valence electrons. The topological polar surface area (TPSA) is 107 Å². The number of carbonyl (C=O) groups excluding carboxylic acids is 3. The molecule has 7 nitrogen and oxygen atoms in total. The van der Waals surface area contributed by atoms with Gasteiger partial charge in [-0.3, -0.25) is 14.4 Å². The van der Waals surface area contributed by atoms with Gasteiger partial charge in [0.2, 0.25) is 0 Å². The van der Waals surface area contributed by atoms with Gasteiger partial charge in [0.1, 0.15) is 5.78 Å². The van der Waals surface area contributed by atoms with Gasteiger partial charge in [0, 0.05) is 25.7 Å². The Kier molecular flexibility index (Phi) is 37.1. The average Bonchev–Trinajstić information content (AvgIpc) is 3.03. The van der Waals surface area contributed by atoms with E-state index < -0.39 is 5.97 Å². The van der Waals surface area contributed by atoms with Crippen molar-refractivity contribution >= 4 is 23.7 Å². The number of aliphatic carboxylic acids is 1. The summed E-state index contributed by atoms with van der Waals surface area (Å²) in [6, 6.07) is 0. The van der Waals surface area contributed by atoms with Crippen molar-refractivity contribution in [3.63, 3.8) is 0 Å². The molecule has 0 aliphatic carbocycles. The van der Waals surface area contributed by atoms with Crippen LogP contribution in [-0.2, 0) is 28.7 Å². The molecule has 48 heavy (non-hydrogen) atoms. The molecule has 1 N–H and O–H groups in total. The van der Waals surface area contributed by atoms with Crippen molar-refractivity contribution in [2.75, 3.05) is 0 Å². The molecular formula is C41H74O7. The quantitative estimate of drug-likeness (QED) is 0.0410. The molecule has 0 aliphatic heterocycles. The fraction of sp³-hybridized carbons (Fsp3) is 0.805. The smallest absolute Gasteiger partial charge is 0.306 e. The maximum absolute atomic E-state index is 12.0. The summed E-state index contributed by atoms with van der Waals surface area (Å²) in [5.41, 5.74) is 0. The first-order valence-electron chi connectivity index (χ1n) is 19.4. The number of carbonyl (C=O) groups is 4. The van der Waals surface area contributed by atoms with E-state index in [1.807, 2.05) is 26.0 Å². The molecule has 0 aromatic rings. The van der Waals surface area contributed by atoms with Crippen LogP contribution in [0.15, 0.2) is 25.3 Å². The van der Waals surface area contributed by atoms with E-state index in [9.17, 15) is 19.2 Å². The van der Waals surface area contributed by atoms with Gasteiger partial charge >= 0.3 is 17.9 Å². The van der Waals surface area contributed by atoms with Gasteiger partial charge in [0.05, 0.1) is 12.2 Å². The van der Waals surface area contributed by atoms with E-state index in [0.717, 1.165) is 122 Å². The number of unbranched alkanes of at least 4 members (excludes halogenated alkanes) is 18. The normalized spacial score (nSPS) is 11.9. The fourth-order valence-electron chi connectivity index (χ4n) is 5.44. The molecule has 0 amide bonds. The van der Waals surface area contributed by atoms with Gasteiger partial charge in [-0.25, -0.2) is 0 Å². The molecule has 0 bridgehead atoms. The van der Waals surface area contributed by atoms with Gasteiger partial charge in [-0.05, 0) is 97.8 Å². The lowest BCUT2D eigenvalue weighted by Crippen LogP contribution is -2.14. The van der Waals surface area contributed by atoms with Crippen LogP contribution < -0.4 is 0 Å². The van der Waals surface area contributed by atoms with E-state index in [1.165, 1.54) is 32.1 Å². The molecule has 0 spiro atoms. The zero-order chi connectivity index (χ0) is 36.1. The van der Waals surface area contributed by atoms with Gasteiger partial charge in [0.25, 0.3) is 0 Å². The Hall–Kier alpha value is -2.44. The second-order valence-corrected chi connectivity index (χ2v) is 13.5. The van der Waals surface area contributed by atoms with Crippen LogP contribution in [0, 0.1) is 0 Å². The third kappa shape index (κ3) is 41.6. The SMILES string of the molecule is C=CCCCCCCCC(=O)O.C=CCCCCCCCC(=O)OC(C)CCCCCCCC(=O)OC(C)CCCCCCCC(C)=O. The predicted octanol–water partition coefficient (Wildman–Crippen LogP) is 11.8. The Balaban J connectivity index is 0. The van der Waals surface area contributed by atoms with Gasteiger partial charge < -0.3 is 19.4 Å². The Labute approximate surface area is 295 Å². The highest BCUT2D eigenvalue weighted by Crippen LogP contribution is 2.15. The molecule has 0 aromatic carbocycles. The molecule has 0 aromatic heterocycles. The minimum absolute atomic E-state index is 0.0119. The number of carboxylic acids is 1. The molecule has 0 saturated heterocycles. The van der Waals surface area contributed by atoms with Crippen molar-refractivity contribution < 1.29 is 33.8 Å². The number of esters is 2. The Morgan fingerprint density at radius 2 is 0.812 bits per heavy atom. The second-order valence-electron chi connectivity index (χ2n) is 13.5. The number of ether oxygens (including phenoxy) is 2. The van der Waals surface area contributed by atoms with E-state index >= 15 is 0 Å². The number of rotatable bonds is 34. The van der Waals surface area contributed by atoms with Crippen molar-refractivity contribution in [2.24, 2.45) is 0 Å². The number of Topliss-reactive ketones (excluding diaryl/α,β-unsaturated/α-hetero) is 1. The van der Waals surface area contributed by atoms with Crippen LogP contribution in [0.25, 0.3) is 0 Å². The molecule has 2 atom stereocenters. The molecular weight excluding hydrogens is 604 g/mol. The van der Waals surface area contributed by atoms with Gasteiger partial charge in [-0.15, -0.1) is 13.2 Å². The summed E-state index contributed by atoms with van der Waals surface area (Å²) in [7, 11) is 0. The summed E-state index contributed by atoms with van der Waals surface area (Å²) in [5.74, 6) is -0.552. The van der Waals surface area contributed by atoms with Crippen LogP contribution in [-0.4, -0.2) is 41.0 Å². The van der Waals surface area contributed by atoms with Crippen molar-refractivity contribution in [3.05, 3.63) is 25.3 Å². The van der Waals surface area contributed by atoms with Crippen molar-refractivity contribution in [3.8, 4) is 0 Å². The fourth-order valence-corrected chi connectivity index (χ4v) is 5.44. The monoisotopic (exact) mass is 679 g/mol. The molecule has 0 saturated carbocycles. The highest BCUT2D eigenvalue weighted by molar-refractivity contribution is 5.75. The third-order valence-corrected chi connectivity index (χ3v) is 8.38. The lowest BCUT2D eigenvalue weighted by molar-refractivity contribution is -0.149. The first-order chi connectivity index (χ1) is 23.1. The molecule has 0 aliphatic rings. The van der Waals surface area contributed by atoms with Crippen molar-refractivity contribution in [1.29, 1.82) is 0 Å². The molecule has 0 fully saturated rings. The molecule has 0 radical (unpaired) electrons. The molecule has 0 rings (SSSR count). The van der Waals surface area contributed by atoms with Gasteiger partial charge in [0.15, 0.2) is 0 Å². The summed E-state index contributed by atoms with van der Waals surface area (Å²) in [5, 5.41) is 8.34. The Bertz CT molecular complexity index is 807. The van der Waals surface area contributed by atoms with Crippen LogP contribution in [0.5, 0.6) is 0 Å². The lowest BCUT2D eigenvalue weighted by atomic mass is 10.1. The van der Waals surface area contributed by atoms with Crippen LogP contribution >= 0.6 is 0 Å². The van der Waals surface area contributed by atoms with Crippen LogP contribution in [0.3, 0.4) is 0 Å². The Morgan fingerprint density at radius 3 is 1.17 bits per heavy atom. The third-order valence-electron chi connectivity index (χ3n) is 8.38. The van der Waals surface area contributed by atoms with Crippen LogP contribution in [0.4, 0.5) is 0 Å². The molecule has 2 unspecified atom stereocenters. The first kappa shape index (κ1) is 47.7. The number of carboxylic acid groups (broad SMARTS) is 1. The maximum atomic E-state index is 12.0. The predicted molar refractivity (Wildman–Crippen MR) is 199 cm³/mol. The first-order valence-corrected chi connectivity index (χ1v) is 19.4. The largest absolute Gasteiger partial charge is 0.481 e. The number of hydrogen-bond donors (Lipinski definition) is 1. The minimum atomic E-state index is -0.680. The second kappa shape index (κ2) is 37.4. The molecule has 0 heterocycles. The Morgan fingerprint density at radius 1 is 0.500 bits per heavy atom. The van der Waals surface area contributed by atoms with E-state index in [4.69, 9.17) is 14.6 Å². The summed E-state index contributed by atoms with van der Waals surface area (Å²) >= 11 is 0. The summed E-state index contributed by atoms with van der Waals surface area (Å²) in [6.07, 6.45) is 31.5. The summed E-state index contributed by atoms with van der Waals surface area (Å²) in [6.45, 7) is 13.0. The average molecular weight is 679 g/mol. The zero-order valence-corrected chi connectivity index (χ0v) is 31.4. The summed E-state index contributed by atoms with van der Waals surface area (Å²) < 4.78 is 11.1. The highest BCUT2D eigenvalue weighted by Gasteiger charge is 2.11. The van der Waals surface area contributed by atoms with Crippen molar-refractivity contribution in [1.82, 2.24) is 0 Å². The van der Waals surface area contributed by atoms with E-state index in [-0.39, 0.29) is 29.9 Å². The number of allylic oxidation sites excluding steroid dienone is 2. The van der Waals surface area contributed by atoms with E-state index in [0.29, 0.717) is 25.7 Å². The van der Waals surface area contributed by atoms with E-state index in [2.05, 4.69) is 13.2 Å². The number of hydrogen-bond acceptors (Lipinski definition) is 6. The van der Waals surface area contributed by atoms with Gasteiger partial charge in [-0.1, -0.05) is 89.2 Å². The molecule has 7 heteroatoms. The van der Waals surface area contributed by atoms with Crippen LogP contribution in [0.1, 0.15) is 201 Å². The van der Waals surface area contributed by atoms with Crippen molar-refractivity contribution in [2.45, 2.75) is 213 Å². The zero-order valence-electron chi connectivity index (χ0n) is 31.4. The summed E-state index contributed by atoms with van der Waals surface area (Å²) in [4.78, 5) is 45.0. The van der Waals surface area contributed by atoms with Gasteiger partial charge in [-0.2, -0.15) is 0 Å². The number of ketones is 1.